The topological polar surface area (TPSA) is 96.9 Å². The van der Waals surface area contributed by atoms with Crippen LogP contribution in [0.25, 0.3) is 0 Å². The van der Waals surface area contributed by atoms with Gasteiger partial charge < -0.3 is 10.1 Å². The van der Waals surface area contributed by atoms with E-state index in [1.54, 1.807) is 78.9 Å². The largest absolute Gasteiger partial charge is 0.422 e. The van der Waals surface area contributed by atoms with Crippen molar-refractivity contribution >= 4 is 45.6 Å². The third kappa shape index (κ3) is 6.99. The number of halogens is 1. The molecule has 0 saturated carbocycles. The second kappa shape index (κ2) is 11.9. The smallest absolute Gasteiger partial charge is 0.343 e. The maximum absolute atomic E-state index is 12.5. The van der Waals surface area contributed by atoms with Crippen LogP contribution in [0.5, 0.6) is 5.75 Å². The summed E-state index contributed by atoms with van der Waals surface area (Å²) < 4.78 is 6.27. The highest BCUT2D eigenvalue weighted by molar-refractivity contribution is 9.10. The average Bonchev–Trinajstić information content (AvgIpc) is 2.91. The number of anilines is 1. The molecule has 0 radical (unpaired) electrons. The van der Waals surface area contributed by atoms with Gasteiger partial charge in [-0.05, 0) is 73.7 Å². The number of aryl methyl sites for hydroxylation is 1. The average molecular weight is 556 g/mol. The fraction of sp³-hybridized carbons (Fsp3) is 0.0345. The Morgan fingerprint density at radius 2 is 1.43 bits per heavy atom. The Hall–Kier alpha value is -4.56. The number of nitrogens with zero attached hydrogens (tertiary/aromatic N) is 1. The first kappa shape index (κ1) is 25.5. The number of hydrogen-bond donors (Lipinski definition) is 2. The van der Waals surface area contributed by atoms with Crippen molar-refractivity contribution in [3.63, 3.8) is 0 Å². The number of nitrogens with one attached hydrogen (secondary N) is 2. The maximum atomic E-state index is 12.5. The zero-order valence-electron chi connectivity index (χ0n) is 19.8. The zero-order valence-corrected chi connectivity index (χ0v) is 21.4. The number of ether oxygens (including phenoxy) is 1. The molecule has 7 nitrogen and oxygen atoms in total. The minimum atomic E-state index is -0.504. The highest BCUT2D eigenvalue weighted by Gasteiger charge is 2.12. The normalized spacial score (nSPS) is 10.6. The highest BCUT2D eigenvalue weighted by atomic mass is 79.9. The van der Waals surface area contributed by atoms with Gasteiger partial charge in [0.25, 0.3) is 11.8 Å². The van der Waals surface area contributed by atoms with Crippen molar-refractivity contribution in [2.24, 2.45) is 5.10 Å². The number of hydrazone groups is 1. The summed E-state index contributed by atoms with van der Waals surface area (Å²) in [5, 5.41) is 6.81. The summed E-state index contributed by atoms with van der Waals surface area (Å²) in [7, 11) is 0. The molecule has 0 aliphatic heterocycles. The van der Waals surface area contributed by atoms with Crippen LogP contribution >= 0.6 is 15.9 Å². The molecule has 0 saturated heterocycles. The molecule has 0 unspecified atom stereocenters. The van der Waals surface area contributed by atoms with Gasteiger partial charge in [0, 0.05) is 26.9 Å². The quantitative estimate of drug-likeness (QED) is 0.126. The van der Waals surface area contributed by atoms with Crippen LogP contribution in [0, 0.1) is 6.92 Å². The highest BCUT2D eigenvalue weighted by Crippen LogP contribution is 2.23. The van der Waals surface area contributed by atoms with E-state index in [0.717, 1.165) is 10.0 Å². The van der Waals surface area contributed by atoms with Crippen molar-refractivity contribution in [3.05, 3.63) is 129 Å². The minimum Gasteiger partial charge on any atom is -0.422 e. The Kier molecular flexibility index (Phi) is 8.22. The van der Waals surface area contributed by atoms with Crippen molar-refractivity contribution in [1.29, 1.82) is 0 Å². The zero-order chi connectivity index (χ0) is 26.2. The molecule has 0 spiro atoms. The van der Waals surface area contributed by atoms with Crippen LogP contribution in [-0.2, 0) is 0 Å². The molecule has 4 aromatic rings. The molecule has 4 rings (SSSR count). The van der Waals surface area contributed by atoms with Gasteiger partial charge in [-0.25, -0.2) is 10.2 Å². The Morgan fingerprint density at radius 3 is 2.14 bits per heavy atom. The molecule has 0 aromatic heterocycles. The van der Waals surface area contributed by atoms with Crippen LogP contribution in [0.15, 0.2) is 107 Å². The third-order valence-corrected chi connectivity index (χ3v) is 5.77. The van der Waals surface area contributed by atoms with Crippen LogP contribution in [0.1, 0.15) is 42.2 Å². The summed E-state index contributed by atoms with van der Waals surface area (Å²) >= 11 is 3.39. The summed E-state index contributed by atoms with van der Waals surface area (Å²) in [5.74, 6) is -0.884. The third-order valence-electron chi connectivity index (χ3n) is 5.27. The number of benzene rings is 4. The minimum absolute atomic E-state index is 0.236. The molecule has 0 fully saturated rings. The lowest BCUT2D eigenvalue weighted by Gasteiger charge is -2.08. The number of carbonyl (C=O) groups excluding carboxylic acids is 3. The van der Waals surface area contributed by atoms with Gasteiger partial charge in [0.1, 0.15) is 5.75 Å². The predicted octanol–water partition coefficient (Wildman–Crippen LogP) is 5.99. The molecule has 0 aliphatic carbocycles. The predicted molar refractivity (Wildman–Crippen MR) is 146 cm³/mol. The van der Waals surface area contributed by atoms with E-state index < -0.39 is 11.9 Å². The first-order valence-electron chi connectivity index (χ1n) is 11.3. The summed E-state index contributed by atoms with van der Waals surface area (Å²) in [6, 6.07) is 27.4. The fourth-order valence-electron chi connectivity index (χ4n) is 3.28. The Bertz CT molecular complexity index is 1450. The van der Waals surface area contributed by atoms with Crippen LogP contribution in [0.3, 0.4) is 0 Å². The summed E-state index contributed by atoms with van der Waals surface area (Å²) in [6.45, 7) is 1.95. The van der Waals surface area contributed by atoms with Gasteiger partial charge in [0.2, 0.25) is 0 Å². The van der Waals surface area contributed by atoms with Crippen LogP contribution < -0.4 is 15.5 Å². The lowest BCUT2D eigenvalue weighted by Crippen LogP contribution is -2.18. The van der Waals surface area contributed by atoms with Crippen LogP contribution in [-0.4, -0.2) is 24.0 Å². The van der Waals surface area contributed by atoms with Crippen molar-refractivity contribution in [2.45, 2.75) is 6.92 Å². The molecule has 2 amide bonds. The maximum Gasteiger partial charge on any atom is 0.343 e. The molecule has 0 atom stereocenters. The number of carbonyl (C=O) groups is 3. The Balaban J connectivity index is 1.38. The van der Waals surface area contributed by atoms with Crippen molar-refractivity contribution in [3.8, 4) is 5.75 Å². The molecular formula is C29H22BrN3O4. The van der Waals surface area contributed by atoms with Gasteiger partial charge in [-0.1, -0.05) is 51.8 Å². The van der Waals surface area contributed by atoms with E-state index in [1.165, 1.54) is 6.21 Å². The van der Waals surface area contributed by atoms with E-state index in [4.69, 9.17) is 4.74 Å². The van der Waals surface area contributed by atoms with E-state index in [-0.39, 0.29) is 5.91 Å². The van der Waals surface area contributed by atoms with Gasteiger partial charge in [0.15, 0.2) is 0 Å². The van der Waals surface area contributed by atoms with Gasteiger partial charge in [-0.3, -0.25) is 9.59 Å². The van der Waals surface area contributed by atoms with E-state index in [2.05, 4.69) is 31.8 Å². The number of hydrogen-bond acceptors (Lipinski definition) is 5. The molecule has 4 aromatic carbocycles. The number of rotatable bonds is 7. The van der Waals surface area contributed by atoms with Gasteiger partial charge in [0.05, 0.1) is 11.8 Å². The molecule has 184 valence electrons. The van der Waals surface area contributed by atoms with Crippen molar-refractivity contribution in [1.82, 2.24) is 5.43 Å². The Labute approximate surface area is 222 Å². The second-order valence-electron chi connectivity index (χ2n) is 8.03. The molecule has 37 heavy (non-hydrogen) atoms. The van der Waals surface area contributed by atoms with E-state index in [1.807, 2.05) is 25.1 Å². The van der Waals surface area contributed by atoms with Crippen molar-refractivity contribution in [2.75, 3.05) is 5.32 Å². The summed E-state index contributed by atoms with van der Waals surface area (Å²) in [6.07, 6.45) is 1.40. The molecule has 0 heterocycles. The summed E-state index contributed by atoms with van der Waals surface area (Å²) in [5.41, 5.74) is 5.90. The molecule has 2 N–H and O–H groups in total. The lowest BCUT2D eigenvalue weighted by molar-refractivity contribution is 0.0734. The van der Waals surface area contributed by atoms with Gasteiger partial charge in [-0.2, -0.15) is 5.10 Å². The van der Waals surface area contributed by atoms with Crippen molar-refractivity contribution < 1.29 is 19.1 Å². The van der Waals surface area contributed by atoms with Gasteiger partial charge >= 0.3 is 5.97 Å². The van der Waals surface area contributed by atoms with E-state index in [9.17, 15) is 14.4 Å². The molecule has 8 heteroatoms. The summed E-state index contributed by atoms with van der Waals surface area (Å²) in [4.78, 5) is 37.3. The lowest BCUT2D eigenvalue weighted by atomic mass is 10.1. The Morgan fingerprint density at radius 1 is 0.784 bits per heavy atom. The van der Waals surface area contributed by atoms with Crippen LogP contribution in [0.2, 0.25) is 0 Å². The van der Waals surface area contributed by atoms with Gasteiger partial charge in [-0.15, -0.1) is 0 Å². The van der Waals surface area contributed by atoms with E-state index >= 15 is 0 Å². The second-order valence-corrected chi connectivity index (χ2v) is 8.95. The number of amides is 2. The molecule has 0 bridgehead atoms. The molecule has 0 aliphatic rings. The van der Waals surface area contributed by atoms with Crippen LogP contribution in [0.4, 0.5) is 5.69 Å². The van der Waals surface area contributed by atoms with E-state index in [0.29, 0.717) is 33.7 Å². The first-order chi connectivity index (χ1) is 17.9. The fourth-order valence-corrected chi connectivity index (χ4v) is 3.66. The SMILES string of the molecule is Cc1ccc(C(=O)Nc2ccc(C(=O)N/N=C\c3cc(Br)ccc3OC(=O)c3ccccc3)cc2)cc1. The molecular weight excluding hydrogens is 534 g/mol. The first-order valence-corrected chi connectivity index (χ1v) is 12.1. The monoisotopic (exact) mass is 555 g/mol. The number of esters is 1. The standard InChI is InChI=1S/C29H22BrN3O4/c1-19-7-9-20(10-8-19)27(34)32-25-14-11-21(12-15-25)28(35)33-31-18-23-17-24(30)13-16-26(23)37-29(36)22-5-3-2-4-6-22/h2-18H,1H3,(H,32,34)(H,33,35)/b31-18-.